The van der Waals surface area contributed by atoms with Crippen molar-refractivity contribution in [3.05, 3.63) is 90.0 Å². The fourth-order valence-corrected chi connectivity index (χ4v) is 2.83. The third-order valence-corrected chi connectivity index (χ3v) is 4.30. The second-order valence-corrected chi connectivity index (χ2v) is 6.37. The Balaban J connectivity index is 1.81. The molecule has 0 heterocycles. The van der Waals surface area contributed by atoms with Crippen LogP contribution in [0.15, 0.2) is 78.9 Å². The highest BCUT2D eigenvalue weighted by atomic mass is 16.5. The number of hydrogen-bond donors (Lipinski definition) is 1. The van der Waals surface area contributed by atoms with Gasteiger partial charge in [-0.15, -0.1) is 0 Å². The Kier molecular flexibility index (Phi) is 7.05. The van der Waals surface area contributed by atoms with Crippen molar-refractivity contribution in [3.8, 4) is 11.5 Å². The standard InChI is InChI=1S/C24H23NO5/c1-3-29-24(27)18-12-14-20(15-13-18)30-22(17-8-5-4-6-9-17)23(26)25-19-10-7-11-21(16-19)28-2/h4-16,22H,3H2,1-2H3,(H,25,26). The van der Waals surface area contributed by atoms with Crippen molar-refractivity contribution in [2.75, 3.05) is 19.0 Å². The third-order valence-electron chi connectivity index (χ3n) is 4.30. The van der Waals surface area contributed by atoms with Crippen LogP contribution >= 0.6 is 0 Å². The van der Waals surface area contributed by atoms with E-state index in [4.69, 9.17) is 14.2 Å². The summed E-state index contributed by atoms with van der Waals surface area (Å²) in [5, 5.41) is 2.86. The fraction of sp³-hybridized carbons (Fsp3) is 0.167. The predicted octanol–water partition coefficient (Wildman–Crippen LogP) is 4.63. The molecule has 0 spiro atoms. The van der Waals surface area contributed by atoms with E-state index < -0.39 is 12.1 Å². The highest BCUT2D eigenvalue weighted by molar-refractivity contribution is 5.95. The molecule has 0 aliphatic carbocycles. The van der Waals surface area contributed by atoms with Gasteiger partial charge < -0.3 is 19.5 Å². The number of carbonyl (C=O) groups is 2. The maximum Gasteiger partial charge on any atom is 0.338 e. The quantitative estimate of drug-likeness (QED) is 0.553. The molecule has 6 heteroatoms. The van der Waals surface area contributed by atoms with Gasteiger partial charge in [-0.1, -0.05) is 36.4 Å². The first-order chi connectivity index (χ1) is 14.6. The van der Waals surface area contributed by atoms with Gasteiger partial charge in [-0.3, -0.25) is 4.79 Å². The molecule has 0 aliphatic heterocycles. The highest BCUT2D eigenvalue weighted by Gasteiger charge is 2.23. The summed E-state index contributed by atoms with van der Waals surface area (Å²) in [5.41, 5.74) is 1.72. The van der Waals surface area contributed by atoms with E-state index in [-0.39, 0.29) is 5.91 Å². The van der Waals surface area contributed by atoms with E-state index in [9.17, 15) is 9.59 Å². The van der Waals surface area contributed by atoms with E-state index in [1.54, 1.807) is 62.6 Å². The molecule has 1 amide bonds. The van der Waals surface area contributed by atoms with Crippen LogP contribution in [0.4, 0.5) is 5.69 Å². The van der Waals surface area contributed by atoms with Crippen LogP contribution in [0.5, 0.6) is 11.5 Å². The number of anilines is 1. The van der Waals surface area contributed by atoms with Gasteiger partial charge in [0.1, 0.15) is 11.5 Å². The fourth-order valence-electron chi connectivity index (χ4n) is 2.83. The minimum absolute atomic E-state index is 0.303. The minimum Gasteiger partial charge on any atom is -0.497 e. The number of carbonyl (C=O) groups excluding carboxylic acids is 2. The zero-order chi connectivity index (χ0) is 21.3. The lowest BCUT2D eigenvalue weighted by Crippen LogP contribution is -2.25. The van der Waals surface area contributed by atoms with Crippen LogP contribution in [-0.4, -0.2) is 25.6 Å². The summed E-state index contributed by atoms with van der Waals surface area (Å²) >= 11 is 0. The minimum atomic E-state index is -0.883. The molecular weight excluding hydrogens is 382 g/mol. The van der Waals surface area contributed by atoms with Crippen LogP contribution in [0, 0.1) is 0 Å². The average Bonchev–Trinajstić information content (AvgIpc) is 2.78. The first-order valence-corrected chi connectivity index (χ1v) is 9.54. The molecule has 0 radical (unpaired) electrons. The first-order valence-electron chi connectivity index (χ1n) is 9.54. The summed E-state index contributed by atoms with van der Waals surface area (Å²) in [5.74, 6) is 0.362. The SMILES string of the molecule is CCOC(=O)c1ccc(OC(C(=O)Nc2cccc(OC)c2)c2ccccc2)cc1. The molecule has 0 bridgehead atoms. The van der Waals surface area contributed by atoms with Crippen molar-refractivity contribution in [1.82, 2.24) is 0 Å². The van der Waals surface area contributed by atoms with Gasteiger partial charge in [-0.05, 0) is 43.3 Å². The number of amides is 1. The summed E-state index contributed by atoms with van der Waals surface area (Å²) in [6.45, 7) is 2.05. The number of esters is 1. The lowest BCUT2D eigenvalue weighted by molar-refractivity contribution is -0.123. The molecule has 0 fully saturated rings. The predicted molar refractivity (Wildman–Crippen MR) is 114 cm³/mol. The van der Waals surface area contributed by atoms with Crippen molar-refractivity contribution in [2.45, 2.75) is 13.0 Å². The molecule has 0 saturated carbocycles. The molecule has 1 unspecified atom stereocenters. The Hall–Kier alpha value is -3.80. The van der Waals surface area contributed by atoms with Crippen molar-refractivity contribution < 1.29 is 23.8 Å². The van der Waals surface area contributed by atoms with E-state index in [1.165, 1.54) is 0 Å². The van der Waals surface area contributed by atoms with Crippen molar-refractivity contribution >= 4 is 17.6 Å². The monoisotopic (exact) mass is 405 g/mol. The number of benzene rings is 3. The van der Waals surface area contributed by atoms with Crippen molar-refractivity contribution in [1.29, 1.82) is 0 Å². The highest BCUT2D eigenvalue weighted by Crippen LogP contribution is 2.25. The van der Waals surface area contributed by atoms with Gasteiger partial charge in [0.15, 0.2) is 0 Å². The average molecular weight is 405 g/mol. The first kappa shape index (κ1) is 20.9. The van der Waals surface area contributed by atoms with Gasteiger partial charge in [0, 0.05) is 17.3 Å². The Morgan fingerprint density at radius 1 is 0.900 bits per heavy atom. The molecule has 154 valence electrons. The van der Waals surface area contributed by atoms with Gasteiger partial charge in [-0.2, -0.15) is 0 Å². The topological polar surface area (TPSA) is 73.9 Å². The van der Waals surface area contributed by atoms with Crippen molar-refractivity contribution in [2.24, 2.45) is 0 Å². The number of rotatable bonds is 8. The van der Waals surface area contributed by atoms with E-state index in [0.717, 1.165) is 0 Å². The molecule has 0 aliphatic rings. The number of nitrogens with one attached hydrogen (secondary N) is 1. The molecule has 3 aromatic rings. The Morgan fingerprint density at radius 3 is 2.30 bits per heavy atom. The van der Waals surface area contributed by atoms with E-state index in [1.807, 2.05) is 30.3 Å². The Labute approximate surface area is 175 Å². The largest absolute Gasteiger partial charge is 0.497 e. The smallest absolute Gasteiger partial charge is 0.338 e. The lowest BCUT2D eigenvalue weighted by Gasteiger charge is -2.19. The number of ether oxygens (including phenoxy) is 3. The second kappa shape index (κ2) is 10.1. The van der Waals surface area contributed by atoms with Crippen LogP contribution in [0.1, 0.15) is 28.9 Å². The number of hydrogen-bond acceptors (Lipinski definition) is 5. The molecule has 3 aromatic carbocycles. The zero-order valence-electron chi connectivity index (χ0n) is 16.8. The van der Waals surface area contributed by atoms with Gasteiger partial charge in [0.05, 0.1) is 19.3 Å². The molecule has 1 atom stereocenters. The maximum absolute atomic E-state index is 13.0. The van der Waals surface area contributed by atoms with Gasteiger partial charge in [-0.25, -0.2) is 4.79 Å². The van der Waals surface area contributed by atoms with E-state index in [2.05, 4.69) is 5.32 Å². The molecule has 0 saturated heterocycles. The lowest BCUT2D eigenvalue weighted by atomic mass is 10.1. The van der Waals surface area contributed by atoms with Crippen molar-refractivity contribution in [3.63, 3.8) is 0 Å². The molecule has 30 heavy (non-hydrogen) atoms. The summed E-state index contributed by atoms with van der Waals surface area (Å²) < 4.78 is 16.2. The van der Waals surface area contributed by atoms with Crippen LogP contribution in [0.2, 0.25) is 0 Å². The Morgan fingerprint density at radius 2 is 1.63 bits per heavy atom. The Bertz CT molecular complexity index is 986. The normalized spacial score (nSPS) is 11.3. The van der Waals surface area contributed by atoms with E-state index >= 15 is 0 Å². The van der Waals surface area contributed by atoms with Crippen LogP contribution < -0.4 is 14.8 Å². The molecule has 0 aromatic heterocycles. The van der Waals surface area contributed by atoms with Gasteiger partial charge >= 0.3 is 5.97 Å². The summed E-state index contributed by atoms with van der Waals surface area (Å²) in [6, 6.07) is 22.8. The van der Waals surface area contributed by atoms with Crippen LogP contribution in [0.25, 0.3) is 0 Å². The zero-order valence-corrected chi connectivity index (χ0v) is 16.8. The van der Waals surface area contributed by atoms with Gasteiger partial charge in [0.25, 0.3) is 5.91 Å². The molecule has 6 nitrogen and oxygen atoms in total. The van der Waals surface area contributed by atoms with Crippen LogP contribution in [-0.2, 0) is 9.53 Å². The summed E-state index contributed by atoms with van der Waals surface area (Å²) in [6.07, 6.45) is -0.883. The third kappa shape index (κ3) is 5.38. The van der Waals surface area contributed by atoms with Crippen LogP contribution in [0.3, 0.4) is 0 Å². The second-order valence-electron chi connectivity index (χ2n) is 6.37. The van der Waals surface area contributed by atoms with Gasteiger partial charge in [0.2, 0.25) is 6.10 Å². The maximum atomic E-state index is 13.0. The summed E-state index contributed by atoms with van der Waals surface area (Å²) in [7, 11) is 1.57. The molecule has 3 rings (SSSR count). The van der Waals surface area contributed by atoms with E-state index in [0.29, 0.717) is 34.9 Å². The molecular formula is C24H23NO5. The number of methoxy groups -OCH3 is 1. The molecule has 1 N–H and O–H groups in total. The summed E-state index contributed by atoms with van der Waals surface area (Å²) in [4.78, 5) is 24.9.